The zero-order valence-corrected chi connectivity index (χ0v) is 17.3. The summed E-state index contributed by atoms with van der Waals surface area (Å²) < 4.78 is 26.9. The second-order valence-corrected chi connectivity index (χ2v) is 7.69. The lowest BCUT2D eigenvalue weighted by molar-refractivity contribution is -0.178. The number of ether oxygens (including phenoxy) is 5. The van der Waals surface area contributed by atoms with Gasteiger partial charge in [-0.25, -0.2) is 9.59 Å². The van der Waals surface area contributed by atoms with Gasteiger partial charge in [-0.2, -0.15) is 0 Å². The Morgan fingerprint density at radius 2 is 1.63 bits per heavy atom. The fourth-order valence-corrected chi connectivity index (χ4v) is 4.45. The van der Waals surface area contributed by atoms with E-state index in [9.17, 15) is 9.59 Å². The first-order chi connectivity index (χ1) is 14.6. The maximum atomic E-state index is 12.4. The highest BCUT2D eigenvalue weighted by atomic mass is 16.7. The number of hydrogen-bond donors (Lipinski definition) is 0. The molecule has 1 aliphatic carbocycles. The second kappa shape index (κ2) is 8.75. The summed E-state index contributed by atoms with van der Waals surface area (Å²) in [5, 5.41) is 0. The monoisotopic (exact) mass is 417 g/mol. The van der Waals surface area contributed by atoms with Crippen LogP contribution in [0.4, 0.5) is 5.69 Å². The van der Waals surface area contributed by atoms with E-state index in [1.165, 1.54) is 19.8 Å². The Bertz CT molecular complexity index is 816. The summed E-state index contributed by atoms with van der Waals surface area (Å²) in [6.45, 7) is 1.51. The van der Waals surface area contributed by atoms with E-state index in [-0.39, 0.29) is 30.4 Å². The number of esters is 2. The van der Waals surface area contributed by atoms with Crippen LogP contribution in [0.2, 0.25) is 0 Å². The standard InChI is InChI=1S/C22H27NO7/c1-26-20(24)18-13-28-14-23(19(18)21(25)27-2)17-5-3-15(4-6-17)16-7-9-22(10-8-16)29-11-12-30-22/h3-6,16H,7-14H2,1-2H3. The molecule has 1 spiro atoms. The number of hydrogen-bond acceptors (Lipinski definition) is 8. The van der Waals surface area contributed by atoms with E-state index in [0.29, 0.717) is 19.1 Å². The van der Waals surface area contributed by atoms with Gasteiger partial charge in [-0.3, -0.25) is 0 Å². The van der Waals surface area contributed by atoms with Crippen LogP contribution in [-0.4, -0.2) is 58.5 Å². The molecule has 8 heteroatoms. The van der Waals surface area contributed by atoms with Gasteiger partial charge in [0.05, 0.1) is 39.6 Å². The number of benzene rings is 1. The molecular formula is C22H27NO7. The third-order valence-electron chi connectivity index (χ3n) is 6.07. The fraction of sp³-hybridized carbons (Fsp3) is 0.545. The Hall–Kier alpha value is -2.42. The van der Waals surface area contributed by atoms with Crippen molar-refractivity contribution in [2.45, 2.75) is 37.4 Å². The highest BCUT2D eigenvalue weighted by Gasteiger charge is 2.40. The maximum Gasteiger partial charge on any atom is 0.355 e. The molecule has 162 valence electrons. The van der Waals surface area contributed by atoms with Crippen LogP contribution in [0.1, 0.15) is 37.2 Å². The van der Waals surface area contributed by atoms with Crippen LogP contribution in [0.3, 0.4) is 0 Å². The molecule has 2 fully saturated rings. The summed E-state index contributed by atoms with van der Waals surface area (Å²) in [6.07, 6.45) is 3.81. The molecule has 1 aromatic rings. The molecule has 30 heavy (non-hydrogen) atoms. The third kappa shape index (κ3) is 3.95. The summed E-state index contributed by atoms with van der Waals surface area (Å²) in [7, 11) is 2.56. The van der Waals surface area contributed by atoms with Crippen LogP contribution < -0.4 is 4.90 Å². The number of anilines is 1. The molecular weight excluding hydrogens is 390 g/mol. The minimum absolute atomic E-state index is 0.000341. The smallest absolute Gasteiger partial charge is 0.355 e. The Morgan fingerprint density at radius 3 is 2.23 bits per heavy atom. The van der Waals surface area contributed by atoms with Crippen LogP contribution in [0.5, 0.6) is 0 Å². The number of carbonyl (C=O) groups is 2. The van der Waals surface area contributed by atoms with Crippen molar-refractivity contribution in [3.05, 3.63) is 41.1 Å². The molecule has 4 rings (SSSR count). The molecule has 2 aliphatic heterocycles. The maximum absolute atomic E-state index is 12.4. The summed E-state index contributed by atoms with van der Waals surface area (Å²) in [6, 6.07) is 8.01. The first-order valence-electron chi connectivity index (χ1n) is 10.2. The lowest BCUT2D eigenvalue weighted by atomic mass is 9.81. The first-order valence-corrected chi connectivity index (χ1v) is 10.2. The van der Waals surface area contributed by atoms with Gasteiger partial charge in [0.2, 0.25) is 0 Å². The van der Waals surface area contributed by atoms with E-state index in [2.05, 4.69) is 12.1 Å². The average Bonchev–Trinajstić information content (AvgIpc) is 3.26. The molecule has 0 amide bonds. The summed E-state index contributed by atoms with van der Waals surface area (Å²) in [4.78, 5) is 26.2. The quantitative estimate of drug-likeness (QED) is 0.691. The topological polar surface area (TPSA) is 83.5 Å². The van der Waals surface area contributed by atoms with Gasteiger partial charge in [0.25, 0.3) is 0 Å². The Morgan fingerprint density at radius 1 is 1.00 bits per heavy atom. The van der Waals surface area contributed by atoms with Crippen molar-refractivity contribution in [2.75, 3.05) is 45.7 Å². The van der Waals surface area contributed by atoms with E-state index in [0.717, 1.165) is 31.4 Å². The van der Waals surface area contributed by atoms with E-state index < -0.39 is 11.9 Å². The van der Waals surface area contributed by atoms with E-state index in [1.807, 2.05) is 12.1 Å². The second-order valence-electron chi connectivity index (χ2n) is 7.69. The zero-order valence-electron chi connectivity index (χ0n) is 17.3. The van der Waals surface area contributed by atoms with Crippen molar-refractivity contribution in [3.8, 4) is 0 Å². The van der Waals surface area contributed by atoms with Gasteiger partial charge in [0, 0.05) is 18.5 Å². The van der Waals surface area contributed by atoms with E-state index in [1.54, 1.807) is 4.90 Å². The molecule has 1 saturated carbocycles. The van der Waals surface area contributed by atoms with Crippen LogP contribution in [0.25, 0.3) is 0 Å². The molecule has 3 aliphatic rings. The predicted molar refractivity (Wildman–Crippen MR) is 107 cm³/mol. The van der Waals surface area contributed by atoms with Crippen molar-refractivity contribution in [1.29, 1.82) is 0 Å². The summed E-state index contributed by atoms with van der Waals surface area (Å²) >= 11 is 0. The average molecular weight is 417 g/mol. The minimum atomic E-state index is -0.607. The van der Waals surface area contributed by atoms with Gasteiger partial charge < -0.3 is 28.6 Å². The van der Waals surface area contributed by atoms with Gasteiger partial charge in [0.1, 0.15) is 12.4 Å². The lowest BCUT2D eigenvalue weighted by Crippen LogP contribution is -2.38. The van der Waals surface area contributed by atoms with Crippen LogP contribution in [0.15, 0.2) is 35.5 Å². The summed E-state index contributed by atoms with van der Waals surface area (Å²) in [5.41, 5.74) is 2.28. The largest absolute Gasteiger partial charge is 0.466 e. The number of rotatable bonds is 4. The van der Waals surface area contributed by atoms with E-state index >= 15 is 0 Å². The molecule has 0 atom stereocenters. The van der Waals surface area contributed by atoms with Gasteiger partial charge in [-0.05, 0) is 36.5 Å². The lowest BCUT2D eigenvalue weighted by Gasteiger charge is -2.36. The molecule has 0 N–H and O–H groups in total. The molecule has 0 bridgehead atoms. The molecule has 1 saturated heterocycles. The molecule has 1 aromatic carbocycles. The van der Waals surface area contributed by atoms with Gasteiger partial charge in [-0.1, -0.05) is 12.1 Å². The van der Waals surface area contributed by atoms with Gasteiger partial charge in [0.15, 0.2) is 5.79 Å². The third-order valence-corrected chi connectivity index (χ3v) is 6.07. The minimum Gasteiger partial charge on any atom is -0.466 e. The number of carbonyl (C=O) groups excluding carboxylic acids is 2. The number of nitrogens with zero attached hydrogens (tertiary/aromatic N) is 1. The Balaban J connectivity index is 1.53. The Labute approximate surface area is 175 Å². The Kier molecular flexibility index (Phi) is 6.08. The highest BCUT2D eigenvalue weighted by molar-refractivity contribution is 6.03. The molecule has 8 nitrogen and oxygen atoms in total. The van der Waals surface area contributed by atoms with Crippen molar-refractivity contribution in [2.24, 2.45) is 0 Å². The van der Waals surface area contributed by atoms with Gasteiger partial charge in [-0.15, -0.1) is 0 Å². The normalized spacial score (nSPS) is 21.7. The SMILES string of the molecule is COC(=O)C1=C(C(=O)OC)N(c2ccc(C3CCC4(CC3)OCCO4)cc2)COC1. The van der Waals surface area contributed by atoms with Crippen molar-refractivity contribution < 1.29 is 33.3 Å². The van der Waals surface area contributed by atoms with Crippen LogP contribution in [0, 0.1) is 0 Å². The molecule has 2 heterocycles. The predicted octanol–water partition coefficient (Wildman–Crippen LogP) is 2.48. The zero-order chi connectivity index (χ0) is 21.1. The fourth-order valence-electron chi connectivity index (χ4n) is 4.45. The number of methoxy groups -OCH3 is 2. The highest BCUT2D eigenvalue weighted by Crippen LogP contribution is 2.42. The molecule has 0 aromatic heterocycles. The molecule has 0 unspecified atom stereocenters. The van der Waals surface area contributed by atoms with Gasteiger partial charge >= 0.3 is 11.9 Å². The van der Waals surface area contributed by atoms with Crippen molar-refractivity contribution in [1.82, 2.24) is 0 Å². The van der Waals surface area contributed by atoms with Crippen LogP contribution >= 0.6 is 0 Å². The first kappa shape index (κ1) is 20.8. The summed E-state index contributed by atoms with van der Waals surface area (Å²) in [5.74, 6) is -1.14. The molecule has 0 radical (unpaired) electrons. The van der Waals surface area contributed by atoms with Crippen molar-refractivity contribution in [3.63, 3.8) is 0 Å². The van der Waals surface area contributed by atoms with E-state index in [4.69, 9.17) is 23.7 Å². The van der Waals surface area contributed by atoms with Crippen molar-refractivity contribution >= 4 is 17.6 Å². The van der Waals surface area contributed by atoms with Crippen LogP contribution in [-0.2, 0) is 33.3 Å².